The molecular weight excluding hydrogens is 216 g/mol. The van der Waals surface area contributed by atoms with Crippen LogP contribution >= 0.6 is 0 Å². The van der Waals surface area contributed by atoms with Gasteiger partial charge in [0.2, 0.25) is 0 Å². The topological polar surface area (TPSA) is 0 Å². The van der Waals surface area contributed by atoms with E-state index in [4.69, 9.17) is 0 Å². The number of benzene rings is 2. The highest BCUT2D eigenvalue weighted by Crippen LogP contribution is 2.28. The first-order chi connectivity index (χ1) is 8.52. The molecule has 18 heavy (non-hydrogen) atoms. The molecule has 0 aromatic heterocycles. The number of fused-ring (bicyclic) bond motifs is 1. The Bertz CT molecular complexity index is 603. The van der Waals surface area contributed by atoms with Crippen molar-refractivity contribution in [1.29, 1.82) is 0 Å². The molecule has 2 rings (SSSR count). The number of hydrogen-bond acceptors (Lipinski definition) is 0. The largest absolute Gasteiger partial charge is 0.0881 e. The summed E-state index contributed by atoms with van der Waals surface area (Å²) in [5.74, 6) is 0.501. The van der Waals surface area contributed by atoms with E-state index in [-0.39, 0.29) is 0 Å². The van der Waals surface area contributed by atoms with E-state index >= 15 is 0 Å². The lowest BCUT2D eigenvalue weighted by Gasteiger charge is -2.14. The van der Waals surface area contributed by atoms with Gasteiger partial charge < -0.3 is 0 Å². The van der Waals surface area contributed by atoms with E-state index < -0.39 is 0 Å². The fourth-order valence-electron chi connectivity index (χ4n) is 2.33. The first-order valence-corrected chi connectivity index (χ1v) is 6.66. The fourth-order valence-corrected chi connectivity index (χ4v) is 2.33. The molecule has 0 saturated heterocycles. The van der Waals surface area contributed by atoms with Gasteiger partial charge in [0, 0.05) is 5.92 Å². The normalized spacial score (nSPS) is 13.9. The van der Waals surface area contributed by atoms with Crippen LogP contribution in [0.1, 0.15) is 43.4 Å². The summed E-state index contributed by atoms with van der Waals surface area (Å²) in [4.78, 5) is 0. The third-order valence-electron chi connectivity index (χ3n) is 4.12. The van der Waals surface area contributed by atoms with E-state index in [1.807, 2.05) is 0 Å². The molecule has 0 aliphatic carbocycles. The molecule has 0 heteroatoms. The summed E-state index contributed by atoms with van der Waals surface area (Å²) < 4.78 is 0. The van der Waals surface area contributed by atoms with Crippen molar-refractivity contribution in [2.24, 2.45) is 0 Å². The second kappa shape index (κ2) is 4.97. The Balaban J connectivity index is 2.53. The van der Waals surface area contributed by atoms with Gasteiger partial charge in [-0.25, -0.2) is 0 Å². The molecular formula is C18H22. The van der Waals surface area contributed by atoms with Gasteiger partial charge in [-0.15, -0.1) is 0 Å². The SMILES string of the molecule is C/C=C(\C)C(C)c1ccc2cc(C)c(C)cc2c1. The number of rotatable bonds is 2. The molecule has 0 N–H and O–H groups in total. The number of aryl methyl sites for hydroxylation is 2. The maximum Gasteiger partial charge on any atom is 0.00171 e. The second-order valence-corrected chi connectivity index (χ2v) is 5.30. The van der Waals surface area contributed by atoms with Gasteiger partial charge in [0.1, 0.15) is 0 Å². The van der Waals surface area contributed by atoms with Gasteiger partial charge in [-0.3, -0.25) is 0 Å². The summed E-state index contributed by atoms with van der Waals surface area (Å²) in [6, 6.07) is 11.4. The highest BCUT2D eigenvalue weighted by Gasteiger charge is 2.08. The Kier molecular flexibility index (Phi) is 3.56. The Hall–Kier alpha value is -1.56. The maximum atomic E-state index is 2.33. The minimum atomic E-state index is 0.501. The van der Waals surface area contributed by atoms with Gasteiger partial charge in [0.05, 0.1) is 0 Å². The van der Waals surface area contributed by atoms with Crippen LogP contribution < -0.4 is 0 Å². The molecule has 0 fully saturated rings. The van der Waals surface area contributed by atoms with Crippen molar-refractivity contribution in [3.8, 4) is 0 Å². The minimum Gasteiger partial charge on any atom is -0.0881 e. The monoisotopic (exact) mass is 238 g/mol. The van der Waals surface area contributed by atoms with Crippen LogP contribution in [0.3, 0.4) is 0 Å². The summed E-state index contributed by atoms with van der Waals surface area (Å²) in [5, 5.41) is 2.69. The predicted octanol–water partition coefficient (Wildman–Crippen LogP) is 5.53. The molecule has 2 aromatic rings. The summed E-state index contributed by atoms with van der Waals surface area (Å²) >= 11 is 0. The van der Waals surface area contributed by atoms with Crippen LogP contribution in [0, 0.1) is 13.8 Å². The average Bonchev–Trinajstić information content (AvgIpc) is 2.37. The molecule has 0 spiro atoms. The van der Waals surface area contributed by atoms with Crippen LogP contribution in [0.5, 0.6) is 0 Å². The van der Waals surface area contributed by atoms with Crippen LogP contribution in [0.4, 0.5) is 0 Å². The minimum absolute atomic E-state index is 0.501. The van der Waals surface area contributed by atoms with Crippen molar-refractivity contribution < 1.29 is 0 Å². The van der Waals surface area contributed by atoms with Gasteiger partial charge in [0.15, 0.2) is 0 Å². The van der Waals surface area contributed by atoms with Crippen LogP contribution in [0.15, 0.2) is 42.0 Å². The van der Waals surface area contributed by atoms with Gasteiger partial charge in [-0.1, -0.05) is 48.9 Å². The molecule has 0 bridgehead atoms. The van der Waals surface area contributed by atoms with Crippen molar-refractivity contribution in [1.82, 2.24) is 0 Å². The molecule has 2 aromatic carbocycles. The molecule has 0 aliphatic rings. The highest BCUT2D eigenvalue weighted by atomic mass is 14.1. The van der Waals surface area contributed by atoms with Crippen molar-refractivity contribution in [3.05, 3.63) is 58.7 Å². The van der Waals surface area contributed by atoms with Gasteiger partial charge in [-0.2, -0.15) is 0 Å². The standard InChI is InChI=1S/C18H22/c1-6-12(2)15(5)16-7-8-17-9-13(3)14(4)10-18(17)11-16/h6-11,15H,1-5H3/b12-6+. The van der Waals surface area contributed by atoms with Crippen molar-refractivity contribution in [2.45, 2.75) is 40.5 Å². The second-order valence-electron chi connectivity index (χ2n) is 5.30. The van der Waals surface area contributed by atoms with Crippen molar-refractivity contribution >= 4 is 10.8 Å². The first kappa shape index (κ1) is 12.9. The third-order valence-corrected chi connectivity index (χ3v) is 4.12. The van der Waals surface area contributed by atoms with E-state index in [2.05, 4.69) is 71.0 Å². The summed E-state index contributed by atoms with van der Waals surface area (Å²) in [5.41, 5.74) is 5.57. The first-order valence-electron chi connectivity index (χ1n) is 6.66. The quantitative estimate of drug-likeness (QED) is 0.604. The van der Waals surface area contributed by atoms with E-state index in [1.54, 1.807) is 0 Å². The predicted molar refractivity (Wildman–Crippen MR) is 81.3 cm³/mol. The summed E-state index contributed by atoms with van der Waals surface area (Å²) in [6.45, 7) is 10.9. The van der Waals surface area contributed by atoms with Crippen molar-refractivity contribution in [2.75, 3.05) is 0 Å². The Morgan fingerprint density at radius 2 is 1.61 bits per heavy atom. The third kappa shape index (κ3) is 2.33. The Morgan fingerprint density at radius 3 is 2.22 bits per heavy atom. The Labute approximate surface area is 110 Å². The molecule has 0 radical (unpaired) electrons. The van der Waals surface area contributed by atoms with Gasteiger partial charge in [-0.05, 0) is 55.2 Å². The van der Waals surface area contributed by atoms with Crippen LogP contribution in [0.25, 0.3) is 10.8 Å². The van der Waals surface area contributed by atoms with Gasteiger partial charge in [0.25, 0.3) is 0 Å². The molecule has 0 nitrogen and oxygen atoms in total. The van der Waals surface area contributed by atoms with E-state index in [1.165, 1.54) is 33.0 Å². The fraction of sp³-hybridized carbons (Fsp3) is 0.333. The van der Waals surface area contributed by atoms with Crippen molar-refractivity contribution in [3.63, 3.8) is 0 Å². The zero-order chi connectivity index (χ0) is 13.3. The lowest BCUT2D eigenvalue weighted by molar-refractivity contribution is 0.892. The summed E-state index contributed by atoms with van der Waals surface area (Å²) in [7, 11) is 0. The number of hydrogen-bond donors (Lipinski definition) is 0. The zero-order valence-corrected chi connectivity index (χ0v) is 12.0. The van der Waals surface area contributed by atoms with E-state index in [0.29, 0.717) is 5.92 Å². The molecule has 0 amide bonds. The van der Waals surface area contributed by atoms with Gasteiger partial charge >= 0.3 is 0 Å². The Morgan fingerprint density at radius 1 is 1.00 bits per heavy atom. The lowest BCUT2D eigenvalue weighted by Crippen LogP contribution is -1.95. The molecule has 0 heterocycles. The number of allylic oxidation sites excluding steroid dienone is 2. The highest BCUT2D eigenvalue weighted by molar-refractivity contribution is 5.85. The molecule has 94 valence electrons. The smallest absolute Gasteiger partial charge is 0.00171 e. The average molecular weight is 238 g/mol. The maximum absolute atomic E-state index is 2.33. The molecule has 1 atom stereocenters. The lowest BCUT2D eigenvalue weighted by atomic mass is 9.91. The van der Waals surface area contributed by atoms with Crippen LogP contribution in [0.2, 0.25) is 0 Å². The summed E-state index contributed by atoms with van der Waals surface area (Å²) in [6.07, 6.45) is 2.20. The molecule has 1 unspecified atom stereocenters. The van der Waals surface area contributed by atoms with E-state index in [0.717, 1.165) is 0 Å². The van der Waals surface area contributed by atoms with Crippen LogP contribution in [-0.2, 0) is 0 Å². The van der Waals surface area contributed by atoms with Crippen LogP contribution in [-0.4, -0.2) is 0 Å². The molecule has 0 aliphatic heterocycles. The zero-order valence-electron chi connectivity index (χ0n) is 12.0. The van der Waals surface area contributed by atoms with E-state index in [9.17, 15) is 0 Å². The molecule has 0 saturated carbocycles.